The van der Waals surface area contributed by atoms with Crippen LogP contribution in [-0.2, 0) is 9.47 Å². The lowest BCUT2D eigenvalue weighted by Crippen LogP contribution is -2.39. The average molecular weight is 305 g/mol. The van der Waals surface area contributed by atoms with Crippen molar-refractivity contribution in [1.29, 1.82) is 0 Å². The maximum absolute atomic E-state index is 12.5. The molecule has 0 unspecified atom stereocenters. The van der Waals surface area contributed by atoms with Gasteiger partial charge in [-0.15, -0.1) is 0 Å². The number of nitrogens with one attached hydrogen (secondary N) is 1. The molecule has 2 aliphatic heterocycles. The number of benzene rings is 1. The Kier molecular flexibility index (Phi) is 5.29. The smallest absolute Gasteiger partial charge is 0.255 e. The van der Waals surface area contributed by atoms with E-state index >= 15 is 0 Å². The van der Waals surface area contributed by atoms with Crippen molar-refractivity contribution in [3.63, 3.8) is 0 Å². The molecule has 0 saturated carbocycles. The van der Waals surface area contributed by atoms with Crippen molar-refractivity contribution >= 4 is 5.91 Å². The molecule has 0 radical (unpaired) electrons. The minimum Gasteiger partial charge on any atom is -0.490 e. The lowest BCUT2D eigenvalue weighted by molar-refractivity contribution is 0.0650. The Morgan fingerprint density at radius 1 is 1.18 bits per heavy atom. The second-order valence-corrected chi connectivity index (χ2v) is 5.80. The molecule has 1 atom stereocenters. The first-order valence-corrected chi connectivity index (χ1v) is 8.05. The Balaban J connectivity index is 1.60. The van der Waals surface area contributed by atoms with E-state index in [4.69, 9.17) is 14.2 Å². The summed E-state index contributed by atoms with van der Waals surface area (Å²) in [6.45, 7) is 2.73. The highest BCUT2D eigenvalue weighted by atomic mass is 16.5. The Morgan fingerprint density at radius 2 is 2.00 bits per heavy atom. The van der Waals surface area contributed by atoms with Gasteiger partial charge in [0, 0.05) is 25.9 Å². The van der Waals surface area contributed by atoms with Gasteiger partial charge in [0.1, 0.15) is 12.4 Å². The van der Waals surface area contributed by atoms with E-state index in [1.807, 2.05) is 18.2 Å². The average Bonchev–Trinajstić information content (AvgIpc) is 3.07. The number of rotatable bonds is 5. The summed E-state index contributed by atoms with van der Waals surface area (Å²) in [6.07, 6.45) is 3.98. The van der Waals surface area contributed by atoms with Gasteiger partial charge in [0.15, 0.2) is 0 Å². The van der Waals surface area contributed by atoms with Crippen LogP contribution in [0.25, 0.3) is 0 Å². The minimum atomic E-state index is -0.0742. The van der Waals surface area contributed by atoms with Crippen LogP contribution in [-0.4, -0.2) is 44.5 Å². The summed E-state index contributed by atoms with van der Waals surface area (Å²) in [7, 11) is 0. The summed E-state index contributed by atoms with van der Waals surface area (Å²) in [6, 6.07) is 7.58. The predicted octanol–water partition coefficient (Wildman–Crippen LogP) is 2.15. The van der Waals surface area contributed by atoms with Crippen LogP contribution >= 0.6 is 0 Å². The van der Waals surface area contributed by atoms with Crippen LogP contribution in [0.2, 0.25) is 0 Å². The summed E-state index contributed by atoms with van der Waals surface area (Å²) in [5.74, 6) is 0.553. The summed E-state index contributed by atoms with van der Waals surface area (Å²) < 4.78 is 16.7. The molecule has 22 heavy (non-hydrogen) atoms. The maximum Gasteiger partial charge on any atom is 0.255 e. The van der Waals surface area contributed by atoms with Crippen molar-refractivity contribution in [2.75, 3.05) is 26.4 Å². The lowest BCUT2D eigenvalue weighted by Gasteiger charge is -2.23. The normalized spacial score (nSPS) is 22.5. The summed E-state index contributed by atoms with van der Waals surface area (Å²) in [5.41, 5.74) is 0.590. The summed E-state index contributed by atoms with van der Waals surface area (Å²) in [4.78, 5) is 12.5. The van der Waals surface area contributed by atoms with Crippen molar-refractivity contribution in [2.24, 2.45) is 0 Å². The van der Waals surface area contributed by atoms with Crippen LogP contribution in [0.1, 0.15) is 36.0 Å². The zero-order valence-electron chi connectivity index (χ0n) is 12.8. The highest BCUT2D eigenvalue weighted by molar-refractivity contribution is 5.97. The van der Waals surface area contributed by atoms with E-state index in [1.54, 1.807) is 6.07 Å². The van der Waals surface area contributed by atoms with E-state index in [0.717, 1.165) is 32.3 Å². The first-order valence-electron chi connectivity index (χ1n) is 8.05. The number of carbonyl (C=O) groups excluding carboxylic acids is 1. The fourth-order valence-corrected chi connectivity index (χ4v) is 2.84. The summed E-state index contributed by atoms with van der Waals surface area (Å²) >= 11 is 0. The molecule has 3 rings (SSSR count). The van der Waals surface area contributed by atoms with E-state index in [2.05, 4.69) is 5.32 Å². The number of para-hydroxylation sites is 1. The topological polar surface area (TPSA) is 56.8 Å². The first-order chi connectivity index (χ1) is 10.8. The van der Waals surface area contributed by atoms with Gasteiger partial charge in [0.25, 0.3) is 5.91 Å². The van der Waals surface area contributed by atoms with E-state index in [-0.39, 0.29) is 18.1 Å². The SMILES string of the molecule is O=C(NC1CCOCC1)c1ccccc1OC[C@@H]1CCCO1. The number of hydrogen-bond donors (Lipinski definition) is 1. The standard InChI is InChI=1S/C17H23NO4/c19-17(18-13-7-10-20-11-8-13)15-5-1-2-6-16(15)22-12-14-4-3-9-21-14/h1-2,5-6,13-14H,3-4,7-12H2,(H,18,19)/t14-/m0/s1. The maximum atomic E-state index is 12.5. The Hall–Kier alpha value is -1.59. The van der Waals surface area contributed by atoms with Crippen LogP contribution < -0.4 is 10.1 Å². The highest BCUT2D eigenvalue weighted by Gasteiger charge is 2.21. The monoisotopic (exact) mass is 305 g/mol. The molecule has 1 aromatic rings. The van der Waals surface area contributed by atoms with Gasteiger partial charge < -0.3 is 19.5 Å². The van der Waals surface area contributed by atoms with E-state index < -0.39 is 0 Å². The van der Waals surface area contributed by atoms with E-state index in [1.165, 1.54) is 0 Å². The van der Waals surface area contributed by atoms with Crippen LogP contribution in [0.3, 0.4) is 0 Å². The zero-order chi connectivity index (χ0) is 15.2. The molecule has 5 heteroatoms. The van der Waals surface area contributed by atoms with Gasteiger partial charge in [-0.1, -0.05) is 12.1 Å². The van der Waals surface area contributed by atoms with Gasteiger partial charge in [-0.05, 0) is 37.8 Å². The fourth-order valence-electron chi connectivity index (χ4n) is 2.84. The second kappa shape index (κ2) is 7.61. The minimum absolute atomic E-state index is 0.0742. The summed E-state index contributed by atoms with van der Waals surface area (Å²) in [5, 5.41) is 3.07. The van der Waals surface area contributed by atoms with Gasteiger partial charge in [0.05, 0.1) is 11.7 Å². The molecule has 0 bridgehead atoms. The molecule has 1 aromatic carbocycles. The zero-order valence-corrected chi connectivity index (χ0v) is 12.8. The van der Waals surface area contributed by atoms with Gasteiger partial charge >= 0.3 is 0 Å². The van der Waals surface area contributed by atoms with E-state index in [0.29, 0.717) is 31.1 Å². The van der Waals surface area contributed by atoms with E-state index in [9.17, 15) is 4.79 Å². The number of hydrogen-bond acceptors (Lipinski definition) is 4. The Labute approximate surface area is 130 Å². The third-order valence-corrected chi connectivity index (χ3v) is 4.14. The Morgan fingerprint density at radius 3 is 2.77 bits per heavy atom. The Bertz CT molecular complexity index is 493. The molecular formula is C17H23NO4. The van der Waals surface area contributed by atoms with Gasteiger partial charge in [0.2, 0.25) is 0 Å². The third-order valence-electron chi connectivity index (χ3n) is 4.14. The number of amides is 1. The molecule has 0 spiro atoms. The van der Waals surface area contributed by atoms with Crippen molar-refractivity contribution in [3.05, 3.63) is 29.8 Å². The molecule has 0 aliphatic carbocycles. The molecule has 2 fully saturated rings. The lowest BCUT2D eigenvalue weighted by atomic mass is 10.1. The molecule has 1 N–H and O–H groups in total. The van der Waals surface area contributed by atoms with Gasteiger partial charge in [-0.25, -0.2) is 0 Å². The van der Waals surface area contributed by atoms with Crippen molar-refractivity contribution in [2.45, 2.75) is 37.8 Å². The second-order valence-electron chi connectivity index (χ2n) is 5.80. The third kappa shape index (κ3) is 3.99. The van der Waals surface area contributed by atoms with Crippen LogP contribution in [0.5, 0.6) is 5.75 Å². The quantitative estimate of drug-likeness (QED) is 0.905. The molecule has 5 nitrogen and oxygen atoms in total. The van der Waals surface area contributed by atoms with Crippen molar-refractivity contribution in [1.82, 2.24) is 5.32 Å². The first kappa shape index (κ1) is 15.3. The molecule has 0 aromatic heterocycles. The van der Waals surface area contributed by atoms with Crippen molar-refractivity contribution in [3.8, 4) is 5.75 Å². The van der Waals surface area contributed by atoms with Crippen LogP contribution in [0, 0.1) is 0 Å². The molecule has 120 valence electrons. The predicted molar refractivity (Wildman–Crippen MR) is 82.2 cm³/mol. The van der Waals surface area contributed by atoms with Crippen molar-refractivity contribution < 1.29 is 19.0 Å². The largest absolute Gasteiger partial charge is 0.490 e. The number of ether oxygens (including phenoxy) is 3. The highest BCUT2D eigenvalue weighted by Crippen LogP contribution is 2.21. The van der Waals surface area contributed by atoms with Gasteiger partial charge in [-0.3, -0.25) is 4.79 Å². The molecule has 1 amide bonds. The van der Waals surface area contributed by atoms with Crippen LogP contribution in [0.4, 0.5) is 0 Å². The number of carbonyl (C=O) groups is 1. The fraction of sp³-hybridized carbons (Fsp3) is 0.588. The molecular weight excluding hydrogens is 282 g/mol. The molecule has 2 heterocycles. The van der Waals surface area contributed by atoms with Crippen LogP contribution in [0.15, 0.2) is 24.3 Å². The molecule has 2 saturated heterocycles. The van der Waals surface area contributed by atoms with Gasteiger partial charge in [-0.2, -0.15) is 0 Å². The molecule has 2 aliphatic rings.